The van der Waals surface area contributed by atoms with Crippen LogP contribution >= 0.6 is 11.6 Å². The molecule has 0 aliphatic carbocycles. The van der Waals surface area contributed by atoms with Crippen molar-refractivity contribution in [2.24, 2.45) is 0 Å². The van der Waals surface area contributed by atoms with Gasteiger partial charge in [-0.3, -0.25) is 4.68 Å². The smallest absolute Gasteiger partial charge is 0.245 e. The summed E-state index contributed by atoms with van der Waals surface area (Å²) in [5, 5.41) is 3.98. The van der Waals surface area contributed by atoms with Crippen LogP contribution in [0, 0.1) is 0 Å². The predicted molar refractivity (Wildman–Crippen MR) is 72.3 cm³/mol. The minimum Gasteiger partial charge on any atom is -0.270 e. The first-order chi connectivity index (χ1) is 8.52. The summed E-state index contributed by atoms with van der Waals surface area (Å²) in [6.45, 7) is 3.14. The van der Waals surface area contributed by atoms with Gasteiger partial charge >= 0.3 is 0 Å². The maximum absolute atomic E-state index is 12.2. The Balaban J connectivity index is 2.71. The number of halogens is 1. The molecule has 0 saturated carbocycles. The van der Waals surface area contributed by atoms with Gasteiger partial charge in [0.2, 0.25) is 10.0 Å². The van der Waals surface area contributed by atoms with Crippen molar-refractivity contribution >= 4 is 21.6 Å². The van der Waals surface area contributed by atoms with Gasteiger partial charge in [-0.25, -0.2) is 12.7 Å². The third kappa shape index (κ3) is 3.96. The van der Waals surface area contributed by atoms with E-state index < -0.39 is 10.0 Å². The van der Waals surface area contributed by atoms with Gasteiger partial charge < -0.3 is 0 Å². The zero-order valence-corrected chi connectivity index (χ0v) is 12.4. The molecular weight excluding hydrogens is 274 g/mol. The highest BCUT2D eigenvalue weighted by Crippen LogP contribution is 2.14. The van der Waals surface area contributed by atoms with E-state index in [2.05, 4.69) is 12.0 Å². The summed E-state index contributed by atoms with van der Waals surface area (Å²) in [4.78, 5) is 0.228. The molecule has 1 aromatic heterocycles. The molecule has 0 spiro atoms. The van der Waals surface area contributed by atoms with Gasteiger partial charge in [0.1, 0.15) is 4.90 Å². The van der Waals surface area contributed by atoms with Crippen LogP contribution in [0.25, 0.3) is 0 Å². The van der Waals surface area contributed by atoms with Crippen molar-refractivity contribution in [2.75, 3.05) is 19.5 Å². The normalized spacial score (nSPS) is 12.2. The third-order valence-electron chi connectivity index (χ3n) is 2.71. The molecule has 0 bridgehead atoms. The van der Waals surface area contributed by atoms with Gasteiger partial charge in [0.15, 0.2) is 0 Å². The first kappa shape index (κ1) is 15.5. The minimum absolute atomic E-state index is 0.228. The second-order valence-electron chi connectivity index (χ2n) is 4.16. The topological polar surface area (TPSA) is 55.2 Å². The van der Waals surface area contributed by atoms with E-state index in [0.717, 1.165) is 19.3 Å². The van der Waals surface area contributed by atoms with E-state index in [4.69, 9.17) is 11.6 Å². The summed E-state index contributed by atoms with van der Waals surface area (Å²) in [7, 11) is -1.81. The van der Waals surface area contributed by atoms with Gasteiger partial charge in [-0.1, -0.05) is 19.8 Å². The highest BCUT2D eigenvalue weighted by Gasteiger charge is 2.21. The molecule has 0 aliphatic heterocycles. The molecule has 0 saturated heterocycles. The molecule has 1 aromatic rings. The van der Waals surface area contributed by atoms with Gasteiger partial charge in [0.25, 0.3) is 0 Å². The van der Waals surface area contributed by atoms with Gasteiger partial charge in [-0.15, -0.1) is 11.6 Å². The van der Waals surface area contributed by atoms with Crippen LogP contribution in [-0.4, -0.2) is 42.0 Å². The Morgan fingerprint density at radius 1 is 1.44 bits per heavy atom. The van der Waals surface area contributed by atoms with Crippen LogP contribution in [0.15, 0.2) is 17.3 Å². The maximum atomic E-state index is 12.2. The molecule has 1 rings (SSSR count). The molecular formula is C11H20ClN3O2S. The van der Waals surface area contributed by atoms with E-state index in [1.807, 2.05) is 0 Å². The number of sulfonamides is 1. The quantitative estimate of drug-likeness (QED) is 0.544. The van der Waals surface area contributed by atoms with E-state index >= 15 is 0 Å². The van der Waals surface area contributed by atoms with E-state index in [0.29, 0.717) is 19.0 Å². The van der Waals surface area contributed by atoms with Crippen LogP contribution in [0.5, 0.6) is 0 Å². The summed E-state index contributed by atoms with van der Waals surface area (Å²) in [6.07, 6.45) is 5.88. The lowest BCUT2D eigenvalue weighted by Gasteiger charge is -2.15. The number of aromatic nitrogens is 2. The second kappa shape index (κ2) is 7.11. The predicted octanol–water partition coefficient (Wildman–Crippen LogP) is 1.93. The van der Waals surface area contributed by atoms with Crippen molar-refractivity contribution < 1.29 is 8.42 Å². The third-order valence-corrected chi connectivity index (χ3v) is 4.69. The van der Waals surface area contributed by atoms with Crippen molar-refractivity contribution in [1.82, 2.24) is 14.1 Å². The minimum atomic E-state index is -3.41. The molecule has 0 radical (unpaired) electrons. The molecule has 0 aromatic carbocycles. The van der Waals surface area contributed by atoms with E-state index in [1.54, 1.807) is 11.7 Å². The van der Waals surface area contributed by atoms with Gasteiger partial charge in [0.05, 0.1) is 12.7 Å². The zero-order valence-electron chi connectivity index (χ0n) is 10.8. The lowest BCUT2D eigenvalue weighted by Crippen LogP contribution is -2.27. The number of aryl methyl sites for hydroxylation is 1. The van der Waals surface area contributed by atoms with E-state index in [-0.39, 0.29) is 4.90 Å². The second-order valence-corrected chi connectivity index (χ2v) is 6.58. The van der Waals surface area contributed by atoms with Crippen LogP contribution in [0.3, 0.4) is 0 Å². The van der Waals surface area contributed by atoms with Crippen LogP contribution < -0.4 is 0 Å². The number of alkyl halides is 1. The molecule has 0 fully saturated rings. The van der Waals surface area contributed by atoms with Crippen LogP contribution in [0.2, 0.25) is 0 Å². The van der Waals surface area contributed by atoms with E-state index in [1.165, 1.54) is 16.7 Å². The number of unbranched alkanes of at least 4 members (excludes halogenated alkanes) is 2. The Labute approximate surface area is 114 Å². The standard InChI is InChI=1S/C11H20ClN3O2S/c1-3-4-5-7-14(2)18(16,17)11-9-13-15(10-11)8-6-12/h9-10H,3-8H2,1-2H3. The Kier molecular flexibility index (Phi) is 6.11. The summed E-state index contributed by atoms with van der Waals surface area (Å²) >= 11 is 5.59. The Bertz CT molecular complexity index is 459. The van der Waals surface area contributed by atoms with Gasteiger partial charge in [-0.05, 0) is 6.42 Å². The fourth-order valence-electron chi connectivity index (χ4n) is 1.57. The van der Waals surface area contributed by atoms with Crippen LogP contribution in [-0.2, 0) is 16.6 Å². The molecule has 1 heterocycles. The van der Waals surface area contributed by atoms with Crippen molar-refractivity contribution in [1.29, 1.82) is 0 Å². The zero-order chi connectivity index (χ0) is 13.6. The molecule has 5 nitrogen and oxygen atoms in total. The van der Waals surface area contributed by atoms with Gasteiger partial charge in [-0.2, -0.15) is 5.10 Å². The van der Waals surface area contributed by atoms with Crippen molar-refractivity contribution in [3.8, 4) is 0 Å². The summed E-state index contributed by atoms with van der Waals surface area (Å²) in [5.74, 6) is 0.410. The molecule has 7 heteroatoms. The molecule has 0 aliphatic rings. The molecule has 0 amide bonds. The summed E-state index contributed by atoms with van der Waals surface area (Å²) < 4.78 is 27.3. The summed E-state index contributed by atoms with van der Waals surface area (Å²) in [6, 6.07) is 0. The number of hydrogen-bond donors (Lipinski definition) is 0. The lowest BCUT2D eigenvalue weighted by atomic mass is 10.2. The van der Waals surface area contributed by atoms with Crippen molar-refractivity contribution in [2.45, 2.75) is 37.6 Å². The molecule has 104 valence electrons. The molecule has 0 atom stereocenters. The highest BCUT2D eigenvalue weighted by atomic mass is 35.5. The van der Waals surface area contributed by atoms with Crippen LogP contribution in [0.4, 0.5) is 0 Å². The Hall–Kier alpha value is -0.590. The fraction of sp³-hybridized carbons (Fsp3) is 0.727. The van der Waals surface area contributed by atoms with Crippen molar-refractivity contribution in [3.63, 3.8) is 0 Å². The Morgan fingerprint density at radius 2 is 2.17 bits per heavy atom. The molecule has 0 N–H and O–H groups in total. The molecule has 18 heavy (non-hydrogen) atoms. The monoisotopic (exact) mass is 293 g/mol. The van der Waals surface area contributed by atoms with E-state index in [9.17, 15) is 8.42 Å². The number of hydrogen-bond acceptors (Lipinski definition) is 3. The van der Waals surface area contributed by atoms with Crippen LogP contribution in [0.1, 0.15) is 26.2 Å². The Morgan fingerprint density at radius 3 is 2.78 bits per heavy atom. The lowest BCUT2D eigenvalue weighted by molar-refractivity contribution is 0.454. The summed E-state index contributed by atoms with van der Waals surface area (Å²) in [5.41, 5.74) is 0. The van der Waals surface area contributed by atoms with Crippen molar-refractivity contribution in [3.05, 3.63) is 12.4 Å². The number of rotatable bonds is 8. The highest BCUT2D eigenvalue weighted by molar-refractivity contribution is 7.89. The maximum Gasteiger partial charge on any atom is 0.245 e. The molecule has 0 unspecified atom stereocenters. The number of nitrogens with zero attached hydrogens (tertiary/aromatic N) is 3. The largest absolute Gasteiger partial charge is 0.270 e. The fourth-order valence-corrected chi connectivity index (χ4v) is 2.91. The first-order valence-electron chi connectivity index (χ1n) is 6.07. The SMILES string of the molecule is CCCCCN(C)S(=O)(=O)c1cnn(CCCl)c1. The van der Waals surface area contributed by atoms with Gasteiger partial charge in [0, 0.05) is 25.7 Å². The average Bonchev–Trinajstić information content (AvgIpc) is 2.79. The first-order valence-corrected chi connectivity index (χ1v) is 8.04. The average molecular weight is 294 g/mol.